The van der Waals surface area contributed by atoms with E-state index in [1.807, 2.05) is 35.7 Å². The second-order valence-electron chi connectivity index (χ2n) is 7.35. The molecule has 8 heteroatoms. The number of thiazole rings is 1. The number of ether oxygens (including phenoxy) is 1. The summed E-state index contributed by atoms with van der Waals surface area (Å²) in [5.41, 5.74) is 2.92. The molecule has 1 aromatic carbocycles. The Hall–Kier alpha value is -2.97. The van der Waals surface area contributed by atoms with Gasteiger partial charge in [0.2, 0.25) is 0 Å². The predicted octanol–water partition coefficient (Wildman–Crippen LogP) is 3.32. The predicted molar refractivity (Wildman–Crippen MR) is 130 cm³/mol. The minimum absolute atomic E-state index is 0.158. The molecule has 0 amide bonds. The van der Waals surface area contributed by atoms with Crippen molar-refractivity contribution in [2.75, 3.05) is 25.1 Å². The first kappa shape index (κ1) is 22.2. The highest BCUT2D eigenvalue weighted by molar-refractivity contribution is 7.10. The number of carbonyl (C=O) groups is 1. The van der Waals surface area contributed by atoms with Crippen LogP contribution in [0.25, 0.3) is 6.08 Å². The number of esters is 1. The number of benzene rings is 1. The molecular formula is C24H25N3O3S2. The van der Waals surface area contributed by atoms with Crippen LogP contribution in [0.15, 0.2) is 62.8 Å². The fourth-order valence-corrected chi connectivity index (χ4v) is 5.80. The third-order valence-corrected chi connectivity index (χ3v) is 7.47. The number of fused-ring (bicyclic) bond motifs is 1. The summed E-state index contributed by atoms with van der Waals surface area (Å²) in [5.74, 6) is -0.467. The van der Waals surface area contributed by atoms with E-state index >= 15 is 0 Å². The van der Waals surface area contributed by atoms with Crippen molar-refractivity contribution in [3.63, 3.8) is 0 Å². The third-order valence-electron chi connectivity index (χ3n) is 5.56. The number of methoxy groups -OCH3 is 1. The highest BCUT2D eigenvalue weighted by atomic mass is 32.1. The molecule has 3 heterocycles. The fourth-order valence-electron chi connectivity index (χ4n) is 3.93. The van der Waals surface area contributed by atoms with E-state index in [2.05, 4.69) is 35.9 Å². The number of hydrogen-bond donors (Lipinski definition) is 0. The highest BCUT2D eigenvalue weighted by Gasteiger charge is 2.33. The van der Waals surface area contributed by atoms with E-state index in [-0.39, 0.29) is 5.56 Å². The summed E-state index contributed by atoms with van der Waals surface area (Å²) in [7, 11) is 1.35. The van der Waals surface area contributed by atoms with Crippen LogP contribution in [-0.4, -0.2) is 30.7 Å². The van der Waals surface area contributed by atoms with E-state index in [1.165, 1.54) is 29.8 Å². The zero-order valence-corrected chi connectivity index (χ0v) is 20.1. The second-order valence-corrected chi connectivity index (χ2v) is 9.34. The molecule has 0 bridgehead atoms. The second kappa shape index (κ2) is 9.26. The van der Waals surface area contributed by atoms with Gasteiger partial charge in [-0.1, -0.05) is 29.5 Å². The molecule has 0 fully saturated rings. The molecule has 3 aromatic rings. The normalized spacial score (nSPS) is 16.0. The van der Waals surface area contributed by atoms with Crippen LogP contribution in [0.5, 0.6) is 0 Å². The van der Waals surface area contributed by atoms with Gasteiger partial charge in [0, 0.05) is 23.7 Å². The Kier molecular flexibility index (Phi) is 6.43. The van der Waals surface area contributed by atoms with E-state index in [0.29, 0.717) is 20.6 Å². The minimum atomic E-state index is -0.536. The maximum atomic E-state index is 13.5. The molecule has 1 unspecified atom stereocenters. The molecule has 2 aromatic heterocycles. The number of aromatic nitrogens is 1. The van der Waals surface area contributed by atoms with Gasteiger partial charge in [0.05, 0.1) is 22.9 Å². The number of carbonyl (C=O) groups excluding carboxylic acids is 1. The molecule has 1 aliphatic heterocycles. The smallest absolute Gasteiger partial charge is 0.338 e. The lowest BCUT2D eigenvalue weighted by Crippen LogP contribution is -2.39. The Bertz CT molecular complexity index is 1330. The van der Waals surface area contributed by atoms with Gasteiger partial charge in [-0.15, -0.1) is 11.3 Å². The molecule has 0 spiro atoms. The summed E-state index contributed by atoms with van der Waals surface area (Å²) in [4.78, 5) is 34.4. The van der Waals surface area contributed by atoms with Crippen molar-refractivity contribution < 1.29 is 9.53 Å². The average molecular weight is 468 g/mol. The highest BCUT2D eigenvalue weighted by Crippen LogP contribution is 2.32. The maximum Gasteiger partial charge on any atom is 0.338 e. The summed E-state index contributed by atoms with van der Waals surface area (Å²) in [6, 6.07) is 11.5. The largest absolute Gasteiger partial charge is 0.466 e. The van der Waals surface area contributed by atoms with Crippen molar-refractivity contribution >= 4 is 40.4 Å². The Labute approximate surface area is 194 Å². The van der Waals surface area contributed by atoms with Crippen LogP contribution in [0.3, 0.4) is 0 Å². The molecule has 166 valence electrons. The first-order chi connectivity index (χ1) is 15.5. The molecule has 0 saturated carbocycles. The Morgan fingerprint density at radius 2 is 1.94 bits per heavy atom. The van der Waals surface area contributed by atoms with Gasteiger partial charge in [-0.2, -0.15) is 0 Å². The Morgan fingerprint density at radius 1 is 1.22 bits per heavy atom. The standard InChI is InChI=1S/C24H25N3O3S2/c1-5-26(6-2)17-11-9-16(10-12-17)14-19-22(28)27-21(18-8-7-13-31-18)20(23(29)30-4)15(3)25-24(27)32-19/h7-14,21H,5-6H2,1-4H3/b19-14+. The monoisotopic (exact) mass is 467 g/mol. The number of allylic oxidation sites excluding steroid dienone is 1. The summed E-state index contributed by atoms with van der Waals surface area (Å²) < 4.78 is 7.22. The van der Waals surface area contributed by atoms with Crippen LogP contribution in [-0.2, 0) is 9.53 Å². The van der Waals surface area contributed by atoms with E-state index in [1.54, 1.807) is 11.5 Å². The number of rotatable bonds is 6. The van der Waals surface area contributed by atoms with Crippen LogP contribution >= 0.6 is 22.7 Å². The number of hydrogen-bond acceptors (Lipinski definition) is 7. The molecule has 0 aliphatic carbocycles. The van der Waals surface area contributed by atoms with Crippen molar-refractivity contribution in [3.8, 4) is 0 Å². The first-order valence-electron chi connectivity index (χ1n) is 10.5. The van der Waals surface area contributed by atoms with Crippen molar-refractivity contribution in [2.24, 2.45) is 4.99 Å². The molecule has 32 heavy (non-hydrogen) atoms. The first-order valence-corrected chi connectivity index (χ1v) is 12.2. The van der Waals surface area contributed by atoms with Gasteiger partial charge < -0.3 is 9.64 Å². The quantitative estimate of drug-likeness (QED) is 0.522. The number of anilines is 1. The maximum absolute atomic E-state index is 13.5. The van der Waals surface area contributed by atoms with Gasteiger partial charge in [-0.25, -0.2) is 9.79 Å². The van der Waals surface area contributed by atoms with Crippen LogP contribution < -0.4 is 19.8 Å². The average Bonchev–Trinajstić information content (AvgIpc) is 3.43. The fraction of sp³-hybridized carbons (Fsp3) is 0.292. The summed E-state index contributed by atoms with van der Waals surface area (Å²) >= 11 is 2.84. The summed E-state index contributed by atoms with van der Waals surface area (Å²) in [6.07, 6.45) is 1.89. The van der Waals surface area contributed by atoms with Crippen molar-refractivity contribution in [3.05, 3.63) is 83.2 Å². The van der Waals surface area contributed by atoms with E-state index in [4.69, 9.17) is 4.74 Å². The third kappa shape index (κ3) is 3.96. The summed E-state index contributed by atoms with van der Waals surface area (Å²) in [6.45, 7) is 7.94. The van der Waals surface area contributed by atoms with Gasteiger partial charge in [0.1, 0.15) is 6.04 Å². The van der Waals surface area contributed by atoms with E-state index in [0.717, 1.165) is 29.2 Å². The van der Waals surface area contributed by atoms with Gasteiger partial charge in [0.15, 0.2) is 4.80 Å². The lowest BCUT2D eigenvalue weighted by Gasteiger charge is -2.22. The van der Waals surface area contributed by atoms with Gasteiger partial charge >= 0.3 is 5.97 Å². The summed E-state index contributed by atoms with van der Waals surface area (Å²) in [5, 5.41) is 1.94. The Balaban J connectivity index is 1.83. The topological polar surface area (TPSA) is 63.9 Å². The molecular weight excluding hydrogens is 442 g/mol. The van der Waals surface area contributed by atoms with E-state index < -0.39 is 12.0 Å². The zero-order valence-electron chi connectivity index (χ0n) is 18.5. The van der Waals surface area contributed by atoms with Gasteiger partial charge in [-0.3, -0.25) is 9.36 Å². The molecule has 0 saturated heterocycles. The molecule has 0 radical (unpaired) electrons. The molecule has 0 N–H and O–H groups in total. The molecule has 4 rings (SSSR count). The van der Waals surface area contributed by atoms with E-state index in [9.17, 15) is 9.59 Å². The molecule has 6 nitrogen and oxygen atoms in total. The van der Waals surface area contributed by atoms with Crippen LogP contribution in [0.1, 0.15) is 37.3 Å². The van der Waals surface area contributed by atoms with Crippen molar-refractivity contribution in [2.45, 2.75) is 26.8 Å². The lowest BCUT2D eigenvalue weighted by molar-refractivity contribution is -0.136. The van der Waals surface area contributed by atoms with Crippen LogP contribution in [0, 0.1) is 0 Å². The molecule has 1 aliphatic rings. The zero-order chi connectivity index (χ0) is 22.8. The molecule has 1 atom stereocenters. The SMILES string of the molecule is CCN(CC)c1ccc(/C=c2/sc3n(c2=O)C(c2cccs2)C(C(=O)OC)=C(C)N=3)cc1. The van der Waals surface area contributed by atoms with Crippen LogP contribution in [0.2, 0.25) is 0 Å². The van der Waals surface area contributed by atoms with Crippen molar-refractivity contribution in [1.82, 2.24) is 4.57 Å². The van der Waals surface area contributed by atoms with Gasteiger partial charge in [0.25, 0.3) is 5.56 Å². The minimum Gasteiger partial charge on any atom is -0.466 e. The number of thiophene rings is 1. The van der Waals surface area contributed by atoms with Crippen molar-refractivity contribution in [1.29, 1.82) is 0 Å². The van der Waals surface area contributed by atoms with Gasteiger partial charge in [-0.05, 0) is 56.0 Å². The Morgan fingerprint density at radius 3 is 2.53 bits per heavy atom. The van der Waals surface area contributed by atoms with Crippen LogP contribution in [0.4, 0.5) is 5.69 Å². The number of nitrogens with zero attached hydrogens (tertiary/aromatic N) is 3. The lowest BCUT2D eigenvalue weighted by atomic mass is 10.0.